The van der Waals surface area contributed by atoms with E-state index in [1.807, 2.05) is 6.92 Å². The van der Waals surface area contributed by atoms with Gasteiger partial charge in [-0.25, -0.2) is 0 Å². The second-order valence-corrected chi connectivity index (χ2v) is 5.39. The van der Waals surface area contributed by atoms with E-state index < -0.39 is 5.91 Å². The summed E-state index contributed by atoms with van der Waals surface area (Å²) in [5.74, 6) is 0.157. The molecule has 0 saturated carbocycles. The third-order valence-corrected chi connectivity index (χ3v) is 3.59. The zero-order valence-corrected chi connectivity index (χ0v) is 14.2. The van der Waals surface area contributed by atoms with Crippen molar-refractivity contribution in [1.82, 2.24) is 0 Å². The summed E-state index contributed by atoms with van der Waals surface area (Å²) in [6, 6.07) is 17.0. The zero-order chi connectivity index (χ0) is 18.4. The van der Waals surface area contributed by atoms with Crippen molar-refractivity contribution in [3.63, 3.8) is 0 Å². The maximum absolute atomic E-state index is 12.6. The molecule has 3 aromatic rings. The Hall–Kier alpha value is -3.54. The van der Waals surface area contributed by atoms with Crippen LogP contribution in [0.4, 0.5) is 11.4 Å². The molecule has 1 heterocycles. The second kappa shape index (κ2) is 8.02. The molecule has 2 aromatic carbocycles. The van der Waals surface area contributed by atoms with Gasteiger partial charge in [0, 0.05) is 5.69 Å². The van der Waals surface area contributed by atoms with E-state index in [1.165, 1.54) is 6.26 Å². The maximum atomic E-state index is 12.6. The summed E-state index contributed by atoms with van der Waals surface area (Å²) < 4.78 is 10.4. The van der Waals surface area contributed by atoms with E-state index in [4.69, 9.17) is 9.15 Å². The Morgan fingerprint density at radius 3 is 2.38 bits per heavy atom. The van der Waals surface area contributed by atoms with Gasteiger partial charge in [-0.3, -0.25) is 9.59 Å². The highest BCUT2D eigenvalue weighted by molar-refractivity contribution is 6.11. The Balaban J connectivity index is 1.74. The number of nitrogens with one attached hydrogen (secondary N) is 2. The number of hydrogen-bond acceptors (Lipinski definition) is 4. The Morgan fingerprint density at radius 1 is 0.923 bits per heavy atom. The van der Waals surface area contributed by atoms with Crippen LogP contribution in [0.2, 0.25) is 0 Å². The molecular weight excluding hydrogens is 332 g/mol. The summed E-state index contributed by atoms with van der Waals surface area (Å²) in [6.45, 7) is 2.48. The molecule has 0 saturated heterocycles. The van der Waals surface area contributed by atoms with Gasteiger partial charge in [-0.1, -0.05) is 12.1 Å². The lowest BCUT2D eigenvalue weighted by molar-refractivity contribution is 0.0996. The van der Waals surface area contributed by atoms with Gasteiger partial charge in [0.1, 0.15) is 5.75 Å². The molecule has 0 bridgehead atoms. The van der Waals surface area contributed by atoms with Gasteiger partial charge in [0.15, 0.2) is 5.76 Å². The van der Waals surface area contributed by atoms with E-state index in [-0.39, 0.29) is 11.7 Å². The number of amides is 2. The topological polar surface area (TPSA) is 80.6 Å². The molecule has 0 fully saturated rings. The van der Waals surface area contributed by atoms with Gasteiger partial charge >= 0.3 is 0 Å². The summed E-state index contributed by atoms with van der Waals surface area (Å²) in [5, 5.41) is 5.50. The van der Waals surface area contributed by atoms with Crippen molar-refractivity contribution >= 4 is 23.2 Å². The Bertz CT molecular complexity index is 886. The summed E-state index contributed by atoms with van der Waals surface area (Å²) in [5.41, 5.74) is 1.38. The van der Waals surface area contributed by atoms with Crippen LogP contribution in [0.25, 0.3) is 0 Å². The molecule has 3 rings (SSSR count). The third-order valence-electron chi connectivity index (χ3n) is 3.59. The lowest BCUT2D eigenvalue weighted by Gasteiger charge is -2.11. The van der Waals surface area contributed by atoms with E-state index in [1.54, 1.807) is 60.7 Å². The molecule has 0 aliphatic rings. The molecule has 0 spiro atoms. The number of ether oxygens (including phenoxy) is 1. The van der Waals surface area contributed by atoms with Crippen LogP contribution >= 0.6 is 0 Å². The highest BCUT2D eigenvalue weighted by Gasteiger charge is 2.15. The van der Waals surface area contributed by atoms with Crippen molar-refractivity contribution in [2.75, 3.05) is 17.2 Å². The molecule has 6 heteroatoms. The fraction of sp³-hybridized carbons (Fsp3) is 0.100. The first-order valence-corrected chi connectivity index (χ1v) is 8.15. The minimum atomic E-state index is -0.420. The number of anilines is 2. The van der Waals surface area contributed by atoms with Crippen molar-refractivity contribution in [1.29, 1.82) is 0 Å². The lowest BCUT2D eigenvalue weighted by atomic mass is 10.1. The molecule has 2 amide bonds. The zero-order valence-electron chi connectivity index (χ0n) is 14.2. The fourth-order valence-corrected chi connectivity index (χ4v) is 2.38. The van der Waals surface area contributed by atoms with Crippen LogP contribution in [0.1, 0.15) is 27.8 Å². The van der Waals surface area contributed by atoms with Crippen molar-refractivity contribution in [2.24, 2.45) is 0 Å². The van der Waals surface area contributed by atoms with Crippen LogP contribution in [0.5, 0.6) is 5.75 Å². The van der Waals surface area contributed by atoms with Gasteiger partial charge in [0.25, 0.3) is 11.8 Å². The van der Waals surface area contributed by atoms with E-state index in [0.29, 0.717) is 23.5 Å². The van der Waals surface area contributed by atoms with Gasteiger partial charge < -0.3 is 19.8 Å². The molecule has 6 nitrogen and oxygen atoms in total. The SMILES string of the molecule is CCOc1ccc(NC(=O)c2ccccc2NC(=O)c2ccco2)cc1. The summed E-state index contributed by atoms with van der Waals surface area (Å²) in [4.78, 5) is 24.8. The Kier molecular flexibility index (Phi) is 5.34. The standard InChI is InChI=1S/C20H18N2O4/c1-2-25-15-11-9-14(10-12-15)21-19(23)16-6-3-4-7-17(16)22-20(24)18-8-5-13-26-18/h3-13H,2H2,1H3,(H,21,23)(H,22,24). The molecule has 0 unspecified atom stereocenters. The summed E-state index contributed by atoms with van der Waals surface area (Å²) >= 11 is 0. The van der Waals surface area contributed by atoms with E-state index in [9.17, 15) is 9.59 Å². The van der Waals surface area contributed by atoms with Gasteiger partial charge in [-0.15, -0.1) is 0 Å². The van der Waals surface area contributed by atoms with Crippen LogP contribution in [0.15, 0.2) is 71.3 Å². The first-order valence-electron chi connectivity index (χ1n) is 8.15. The monoisotopic (exact) mass is 350 g/mol. The first-order chi connectivity index (χ1) is 12.7. The quantitative estimate of drug-likeness (QED) is 0.699. The average Bonchev–Trinajstić information content (AvgIpc) is 3.19. The number of rotatable bonds is 6. The molecule has 0 aliphatic carbocycles. The van der Waals surface area contributed by atoms with Gasteiger partial charge in [0.05, 0.1) is 24.1 Å². The first kappa shape index (κ1) is 17.3. The van der Waals surface area contributed by atoms with E-state index in [2.05, 4.69) is 10.6 Å². The van der Waals surface area contributed by atoms with E-state index in [0.717, 1.165) is 5.75 Å². The van der Waals surface area contributed by atoms with Crippen molar-refractivity contribution < 1.29 is 18.7 Å². The summed E-state index contributed by atoms with van der Waals surface area (Å²) in [6.07, 6.45) is 1.42. The van der Waals surface area contributed by atoms with Crippen LogP contribution in [0.3, 0.4) is 0 Å². The third kappa shape index (κ3) is 4.10. The van der Waals surface area contributed by atoms with Crippen LogP contribution in [-0.2, 0) is 0 Å². The molecule has 2 N–H and O–H groups in total. The second-order valence-electron chi connectivity index (χ2n) is 5.39. The highest BCUT2D eigenvalue weighted by atomic mass is 16.5. The number of carbonyl (C=O) groups is 2. The summed E-state index contributed by atoms with van der Waals surface area (Å²) in [7, 11) is 0. The molecule has 0 aliphatic heterocycles. The maximum Gasteiger partial charge on any atom is 0.291 e. The van der Waals surface area contributed by atoms with Crippen molar-refractivity contribution in [2.45, 2.75) is 6.92 Å². The number of para-hydroxylation sites is 1. The fourth-order valence-electron chi connectivity index (χ4n) is 2.38. The highest BCUT2D eigenvalue weighted by Crippen LogP contribution is 2.20. The Morgan fingerprint density at radius 2 is 1.69 bits per heavy atom. The normalized spacial score (nSPS) is 10.2. The minimum absolute atomic E-state index is 0.173. The lowest BCUT2D eigenvalue weighted by Crippen LogP contribution is -2.18. The minimum Gasteiger partial charge on any atom is -0.494 e. The molecule has 26 heavy (non-hydrogen) atoms. The molecule has 1 aromatic heterocycles. The molecule has 0 atom stereocenters. The molecule has 132 valence electrons. The number of hydrogen-bond donors (Lipinski definition) is 2. The van der Waals surface area contributed by atoms with Gasteiger partial charge in [-0.05, 0) is 55.5 Å². The van der Waals surface area contributed by atoms with Gasteiger partial charge in [-0.2, -0.15) is 0 Å². The van der Waals surface area contributed by atoms with Crippen LogP contribution < -0.4 is 15.4 Å². The average molecular weight is 350 g/mol. The Labute approximate surface area is 150 Å². The van der Waals surface area contributed by atoms with E-state index >= 15 is 0 Å². The predicted molar refractivity (Wildman–Crippen MR) is 98.7 cm³/mol. The number of benzene rings is 2. The van der Waals surface area contributed by atoms with Crippen LogP contribution in [0, 0.1) is 0 Å². The van der Waals surface area contributed by atoms with Crippen molar-refractivity contribution in [3.8, 4) is 5.75 Å². The van der Waals surface area contributed by atoms with Crippen molar-refractivity contribution in [3.05, 3.63) is 78.3 Å². The largest absolute Gasteiger partial charge is 0.494 e. The van der Waals surface area contributed by atoms with Crippen LogP contribution in [-0.4, -0.2) is 18.4 Å². The van der Waals surface area contributed by atoms with Gasteiger partial charge in [0.2, 0.25) is 0 Å². The number of carbonyl (C=O) groups excluding carboxylic acids is 2. The predicted octanol–water partition coefficient (Wildman–Crippen LogP) is 4.18. The number of furan rings is 1. The molecular formula is C20H18N2O4. The molecule has 0 radical (unpaired) electrons. The smallest absolute Gasteiger partial charge is 0.291 e.